The molecule has 8 nitrogen and oxygen atoms in total. The standard InChI is InChI=1S/C35H43N3O5/c1-5-17-36-18-9-15-34(6-2)28(31(36)40)29-32(41)38(27(22-39)20-23(3)4)30-33(42)37(19-10-16-35(29,30)43-34)26-14-13-24-11-7-8-12-25(24)21-26/h7-16,21,23,27-30,39H,5-6,17-20,22H2,1-4H3/t27-,28-,29+,30?,34+,35+/m1/s1. The van der Waals surface area contributed by atoms with Gasteiger partial charge in [0.25, 0.3) is 5.91 Å². The first-order valence-electron chi connectivity index (χ1n) is 15.8. The quantitative estimate of drug-likeness (QED) is 0.466. The topological polar surface area (TPSA) is 90.4 Å². The minimum absolute atomic E-state index is 0.106. The zero-order chi connectivity index (χ0) is 30.5. The first-order chi connectivity index (χ1) is 20.7. The summed E-state index contributed by atoms with van der Waals surface area (Å²) < 4.78 is 7.09. The summed E-state index contributed by atoms with van der Waals surface area (Å²) in [6.45, 7) is 9.16. The molecule has 1 N–H and O–H groups in total. The van der Waals surface area contributed by atoms with Gasteiger partial charge in [0.15, 0.2) is 0 Å². The minimum atomic E-state index is -1.35. The van der Waals surface area contributed by atoms with Crippen LogP contribution in [0.15, 0.2) is 66.8 Å². The molecule has 3 amide bonds. The van der Waals surface area contributed by atoms with Gasteiger partial charge in [0.05, 0.1) is 30.1 Å². The van der Waals surface area contributed by atoms with E-state index in [1.807, 2.05) is 99.4 Å². The number of benzene rings is 2. The summed E-state index contributed by atoms with van der Waals surface area (Å²) in [5.74, 6) is -2.14. The van der Waals surface area contributed by atoms with Crippen molar-refractivity contribution in [2.75, 3.05) is 31.1 Å². The van der Waals surface area contributed by atoms with Crippen LogP contribution in [-0.2, 0) is 19.1 Å². The van der Waals surface area contributed by atoms with Gasteiger partial charge < -0.3 is 24.5 Å². The second-order valence-electron chi connectivity index (χ2n) is 12.9. The summed E-state index contributed by atoms with van der Waals surface area (Å²) >= 11 is 0. The Morgan fingerprint density at radius 1 is 0.930 bits per heavy atom. The molecule has 0 aromatic heterocycles. The number of aliphatic hydroxyl groups excluding tert-OH is 1. The van der Waals surface area contributed by atoms with Gasteiger partial charge in [-0.1, -0.05) is 82.3 Å². The number of anilines is 1. The van der Waals surface area contributed by atoms with E-state index in [4.69, 9.17) is 4.74 Å². The van der Waals surface area contributed by atoms with Crippen molar-refractivity contribution in [1.29, 1.82) is 0 Å². The van der Waals surface area contributed by atoms with Crippen LogP contribution in [-0.4, -0.2) is 82.2 Å². The molecule has 0 bridgehead atoms. The summed E-state index contributed by atoms with van der Waals surface area (Å²) in [4.78, 5) is 49.1. The van der Waals surface area contributed by atoms with Crippen molar-refractivity contribution >= 4 is 34.2 Å². The van der Waals surface area contributed by atoms with Gasteiger partial charge in [0.1, 0.15) is 11.6 Å². The summed E-state index contributed by atoms with van der Waals surface area (Å²) in [5.41, 5.74) is -1.63. The van der Waals surface area contributed by atoms with Crippen molar-refractivity contribution in [2.24, 2.45) is 17.8 Å². The van der Waals surface area contributed by atoms with E-state index in [1.165, 1.54) is 0 Å². The maximum atomic E-state index is 14.9. The number of rotatable bonds is 8. The molecule has 6 atom stereocenters. The highest BCUT2D eigenvalue weighted by molar-refractivity contribution is 6.07. The lowest BCUT2D eigenvalue weighted by molar-refractivity contribution is -0.153. The Bertz CT molecular complexity index is 1480. The summed E-state index contributed by atoms with van der Waals surface area (Å²) in [7, 11) is 0. The third-order valence-corrected chi connectivity index (χ3v) is 9.85. The van der Waals surface area contributed by atoms with Gasteiger partial charge in [-0.2, -0.15) is 0 Å². The zero-order valence-corrected chi connectivity index (χ0v) is 25.6. The Hall–Kier alpha value is -3.49. The largest absolute Gasteiger partial charge is 0.394 e. The van der Waals surface area contributed by atoms with Crippen molar-refractivity contribution in [1.82, 2.24) is 9.80 Å². The van der Waals surface area contributed by atoms with Crippen LogP contribution in [0.4, 0.5) is 5.69 Å². The predicted octanol–water partition coefficient (Wildman–Crippen LogP) is 4.32. The highest BCUT2D eigenvalue weighted by Gasteiger charge is 2.76. The molecule has 2 saturated heterocycles. The molecule has 0 radical (unpaired) electrons. The highest BCUT2D eigenvalue weighted by atomic mass is 16.5. The number of hydrogen-bond acceptors (Lipinski definition) is 5. The smallest absolute Gasteiger partial charge is 0.253 e. The van der Waals surface area contributed by atoms with Crippen molar-refractivity contribution in [3.05, 3.63) is 66.8 Å². The number of carbonyl (C=O) groups excluding carboxylic acids is 3. The van der Waals surface area contributed by atoms with Crippen LogP contribution in [0.3, 0.4) is 0 Å². The zero-order valence-electron chi connectivity index (χ0n) is 25.6. The number of ether oxygens (including phenoxy) is 1. The Labute approximate surface area is 254 Å². The van der Waals surface area contributed by atoms with Gasteiger partial charge in [-0.25, -0.2) is 0 Å². The second kappa shape index (κ2) is 11.2. The fourth-order valence-corrected chi connectivity index (χ4v) is 8.01. The number of nitrogens with zero attached hydrogens (tertiary/aromatic N) is 3. The lowest BCUT2D eigenvalue weighted by Gasteiger charge is -2.41. The number of aliphatic hydroxyl groups is 1. The van der Waals surface area contributed by atoms with Gasteiger partial charge in [0.2, 0.25) is 11.8 Å². The van der Waals surface area contributed by atoms with E-state index >= 15 is 0 Å². The van der Waals surface area contributed by atoms with E-state index in [0.29, 0.717) is 32.5 Å². The first-order valence-corrected chi connectivity index (χ1v) is 15.8. The number of amides is 3. The molecule has 6 rings (SSSR count). The molecule has 0 saturated carbocycles. The average molecular weight is 586 g/mol. The molecule has 2 aromatic carbocycles. The van der Waals surface area contributed by atoms with Crippen LogP contribution >= 0.6 is 0 Å². The molecule has 228 valence electrons. The first kappa shape index (κ1) is 29.6. The van der Waals surface area contributed by atoms with Crippen molar-refractivity contribution in [2.45, 2.75) is 70.2 Å². The Morgan fingerprint density at radius 2 is 1.67 bits per heavy atom. The number of fused-ring (bicyclic) bond motifs is 3. The Balaban J connectivity index is 1.51. The molecule has 8 heteroatoms. The number of likely N-dealkylation sites (tertiary alicyclic amines) is 1. The van der Waals surface area contributed by atoms with E-state index in [-0.39, 0.29) is 30.2 Å². The monoisotopic (exact) mass is 585 g/mol. The fraction of sp³-hybridized carbons (Fsp3) is 0.514. The van der Waals surface area contributed by atoms with Crippen LogP contribution in [0.1, 0.15) is 47.0 Å². The molecule has 2 aromatic rings. The molecule has 0 aliphatic carbocycles. The van der Waals surface area contributed by atoms with Crippen LogP contribution < -0.4 is 4.90 Å². The van der Waals surface area contributed by atoms with Gasteiger partial charge in [-0.05, 0) is 48.1 Å². The SMILES string of the molecule is CCCN1CC=C[C@]2(CC)O[C@]34C=CCN(c5ccc6ccccc6c5)C(=O)C3N([C@@H](CO)CC(C)C)C(=O)[C@@H]4[C@@H]2C1=O. The van der Waals surface area contributed by atoms with E-state index < -0.39 is 35.1 Å². The minimum Gasteiger partial charge on any atom is -0.394 e. The molecular weight excluding hydrogens is 542 g/mol. The number of carbonyl (C=O) groups is 3. The Kier molecular flexibility index (Phi) is 7.71. The van der Waals surface area contributed by atoms with Gasteiger partial charge in [-0.3, -0.25) is 14.4 Å². The fourth-order valence-electron chi connectivity index (χ4n) is 8.01. The molecule has 4 aliphatic heterocycles. The van der Waals surface area contributed by atoms with Crippen LogP contribution in [0.5, 0.6) is 0 Å². The normalized spacial score (nSPS) is 31.0. The third-order valence-electron chi connectivity index (χ3n) is 9.85. The predicted molar refractivity (Wildman–Crippen MR) is 166 cm³/mol. The summed E-state index contributed by atoms with van der Waals surface area (Å²) in [5, 5.41) is 12.7. The van der Waals surface area contributed by atoms with E-state index in [9.17, 15) is 19.5 Å². The van der Waals surface area contributed by atoms with Crippen LogP contribution in [0.2, 0.25) is 0 Å². The molecule has 43 heavy (non-hydrogen) atoms. The van der Waals surface area contributed by atoms with Crippen LogP contribution in [0, 0.1) is 17.8 Å². The highest BCUT2D eigenvalue weighted by Crippen LogP contribution is 2.59. The average Bonchev–Trinajstić information content (AvgIpc) is 3.30. The molecule has 1 spiro atoms. The van der Waals surface area contributed by atoms with Crippen molar-refractivity contribution in [3.63, 3.8) is 0 Å². The molecule has 2 fully saturated rings. The van der Waals surface area contributed by atoms with E-state index in [0.717, 1.165) is 22.9 Å². The van der Waals surface area contributed by atoms with Crippen molar-refractivity contribution < 1.29 is 24.2 Å². The molecular formula is C35H43N3O5. The van der Waals surface area contributed by atoms with Gasteiger partial charge >= 0.3 is 0 Å². The van der Waals surface area contributed by atoms with Crippen molar-refractivity contribution in [3.8, 4) is 0 Å². The van der Waals surface area contributed by atoms with E-state index in [1.54, 1.807) is 9.80 Å². The summed E-state index contributed by atoms with van der Waals surface area (Å²) in [6.07, 6.45) is 9.56. The Morgan fingerprint density at radius 3 is 2.37 bits per heavy atom. The lowest BCUT2D eigenvalue weighted by Crippen LogP contribution is -2.59. The molecule has 1 unspecified atom stereocenters. The third kappa shape index (κ3) is 4.52. The maximum Gasteiger partial charge on any atom is 0.253 e. The van der Waals surface area contributed by atoms with Gasteiger partial charge in [0, 0.05) is 25.3 Å². The number of hydrogen-bond donors (Lipinski definition) is 1. The molecule has 4 aliphatic rings. The lowest BCUT2D eigenvalue weighted by atomic mass is 9.73. The van der Waals surface area contributed by atoms with Gasteiger partial charge in [-0.15, -0.1) is 0 Å². The molecule has 4 heterocycles. The van der Waals surface area contributed by atoms with Crippen LogP contribution in [0.25, 0.3) is 10.8 Å². The summed E-state index contributed by atoms with van der Waals surface area (Å²) in [6, 6.07) is 12.3. The van der Waals surface area contributed by atoms with E-state index in [2.05, 4.69) is 0 Å². The second-order valence-corrected chi connectivity index (χ2v) is 12.9. The maximum absolute atomic E-state index is 14.9.